The molecule has 4 bridgehead atoms. The molecule has 36 heavy (non-hydrogen) atoms. The van der Waals surface area contributed by atoms with E-state index in [0.29, 0.717) is 12.5 Å². The number of carbonyl (C=O) groups is 1. The quantitative estimate of drug-likeness (QED) is 0.367. The highest BCUT2D eigenvalue weighted by atomic mass is 16.5. The van der Waals surface area contributed by atoms with Gasteiger partial charge in [0.1, 0.15) is 6.61 Å². The lowest BCUT2D eigenvalue weighted by Gasteiger charge is -2.55. The fourth-order valence-corrected chi connectivity index (χ4v) is 7.37. The van der Waals surface area contributed by atoms with Crippen molar-refractivity contribution in [1.29, 1.82) is 0 Å². The maximum Gasteiger partial charge on any atom is 0.226 e. The van der Waals surface area contributed by atoms with Gasteiger partial charge in [0.15, 0.2) is 11.5 Å². The Morgan fingerprint density at radius 2 is 1.53 bits per heavy atom. The van der Waals surface area contributed by atoms with Crippen molar-refractivity contribution in [2.24, 2.45) is 23.2 Å². The summed E-state index contributed by atoms with van der Waals surface area (Å²) in [5.41, 5.74) is 1.27. The van der Waals surface area contributed by atoms with Gasteiger partial charge in [-0.05, 0) is 93.4 Å². The zero-order valence-corrected chi connectivity index (χ0v) is 21.8. The molecule has 5 heteroatoms. The lowest BCUT2D eigenvalue weighted by atomic mass is 9.49. The summed E-state index contributed by atoms with van der Waals surface area (Å²) >= 11 is 0. The lowest BCUT2D eigenvalue weighted by molar-refractivity contribution is -0.146. The number of methoxy groups -OCH3 is 1. The van der Waals surface area contributed by atoms with Crippen LogP contribution in [-0.2, 0) is 11.3 Å². The molecule has 0 heterocycles. The van der Waals surface area contributed by atoms with Gasteiger partial charge in [0, 0.05) is 25.0 Å². The van der Waals surface area contributed by atoms with Crippen LogP contribution in [-0.4, -0.2) is 44.2 Å². The van der Waals surface area contributed by atoms with E-state index in [-0.39, 0.29) is 5.41 Å². The third-order valence-corrected chi connectivity index (χ3v) is 8.69. The maximum absolute atomic E-state index is 13.2. The zero-order valence-electron chi connectivity index (χ0n) is 21.8. The third-order valence-electron chi connectivity index (χ3n) is 8.69. The van der Waals surface area contributed by atoms with E-state index in [1.54, 1.807) is 7.11 Å². The monoisotopic (exact) mass is 490 g/mol. The molecule has 0 spiro atoms. The number of ether oxygens (including phenoxy) is 2. The Hall–Kier alpha value is -2.53. The first-order valence-electron chi connectivity index (χ1n) is 13.9. The largest absolute Gasteiger partial charge is 0.493 e. The molecule has 0 atom stereocenters. The Labute approximate surface area is 216 Å². The second-order valence-corrected chi connectivity index (χ2v) is 11.4. The lowest BCUT2D eigenvalue weighted by Crippen LogP contribution is -2.53. The number of unbranched alkanes of at least 4 members (excludes halogenated alkanes) is 1. The molecule has 1 N–H and O–H groups in total. The smallest absolute Gasteiger partial charge is 0.226 e. The van der Waals surface area contributed by atoms with Crippen molar-refractivity contribution in [3.05, 3.63) is 60.2 Å². The molecule has 0 radical (unpaired) electrons. The summed E-state index contributed by atoms with van der Waals surface area (Å²) in [7, 11) is 1.67. The number of hydrogen-bond acceptors (Lipinski definition) is 4. The average Bonchev–Trinajstić information content (AvgIpc) is 2.88. The summed E-state index contributed by atoms with van der Waals surface area (Å²) < 4.78 is 11.5. The van der Waals surface area contributed by atoms with Gasteiger partial charge >= 0.3 is 0 Å². The summed E-state index contributed by atoms with van der Waals surface area (Å²) in [6.45, 7) is 4.12. The molecule has 4 fully saturated rings. The van der Waals surface area contributed by atoms with Crippen LogP contribution in [0, 0.1) is 23.2 Å². The van der Waals surface area contributed by atoms with Crippen LogP contribution >= 0.6 is 0 Å². The van der Waals surface area contributed by atoms with Crippen molar-refractivity contribution in [2.45, 2.75) is 57.9 Å². The highest BCUT2D eigenvalue weighted by Crippen LogP contribution is 2.60. The van der Waals surface area contributed by atoms with E-state index < -0.39 is 0 Å². The Morgan fingerprint density at radius 3 is 2.19 bits per heavy atom. The predicted molar refractivity (Wildman–Crippen MR) is 143 cm³/mol. The highest BCUT2D eigenvalue weighted by molar-refractivity contribution is 5.83. The normalized spacial score (nSPS) is 26.2. The second-order valence-electron chi connectivity index (χ2n) is 11.4. The van der Waals surface area contributed by atoms with Gasteiger partial charge in [0.25, 0.3) is 0 Å². The molecule has 0 aromatic heterocycles. The topological polar surface area (TPSA) is 50.8 Å². The maximum atomic E-state index is 13.2. The molecule has 5 nitrogen and oxygen atoms in total. The summed E-state index contributed by atoms with van der Waals surface area (Å²) in [5, 5.41) is 3.34. The van der Waals surface area contributed by atoms with Crippen LogP contribution in [0.5, 0.6) is 11.5 Å². The van der Waals surface area contributed by atoms with E-state index in [4.69, 9.17) is 9.47 Å². The minimum atomic E-state index is -0.0378. The van der Waals surface area contributed by atoms with Crippen LogP contribution in [0.15, 0.2) is 54.6 Å². The molecule has 0 aliphatic heterocycles. The molecule has 4 aliphatic carbocycles. The van der Waals surface area contributed by atoms with Gasteiger partial charge in [-0.15, -0.1) is 0 Å². The first kappa shape index (κ1) is 25.1. The highest BCUT2D eigenvalue weighted by Gasteiger charge is 2.54. The first-order valence-corrected chi connectivity index (χ1v) is 13.9. The van der Waals surface area contributed by atoms with E-state index in [2.05, 4.69) is 40.5 Å². The fourth-order valence-electron chi connectivity index (χ4n) is 7.37. The molecular weight excluding hydrogens is 448 g/mol. The fraction of sp³-hybridized carbons (Fsp3) is 0.581. The van der Waals surface area contributed by atoms with Crippen LogP contribution < -0.4 is 14.8 Å². The van der Waals surface area contributed by atoms with Crippen molar-refractivity contribution in [3.8, 4) is 11.5 Å². The number of nitrogens with one attached hydrogen (secondary N) is 1. The van der Waals surface area contributed by atoms with Gasteiger partial charge in [-0.2, -0.15) is 0 Å². The second kappa shape index (κ2) is 11.7. The number of para-hydroxylation sites is 2. The number of nitrogens with zero attached hydrogens (tertiary/aromatic N) is 1. The Bertz CT molecular complexity index is 957. The summed E-state index contributed by atoms with van der Waals surface area (Å²) in [6.07, 6.45) is 9.63. The minimum absolute atomic E-state index is 0.0378. The Morgan fingerprint density at radius 1 is 0.889 bits per heavy atom. The number of amides is 1. The summed E-state index contributed by atoms with van der Waals surface area (Å²) in [4.78, 5) is 15.7. The van der Waals surface area contributed by atoms with Crippen molar-refractivity contribution in [3.63, 3.8) is 0 Å². The number of hydrogen-bond donors (Lipinski definition) is 1. The average molecular weight is 491 g/mol. The predicted octanol–water partition coefficient (Wildman–Crippen LogP) is 5.69. The first-order chi connectivity index (χ1) is 17.6. The summed E-state index contributed by atoms with van der Waals surface area (Å²) in [5.74, 6) is 4.34. The van der Waals surface area contributed by atoms with Gasteiger partial charge in [-0.25, -0.2) is 0 Å². The molecule has 2 aromatic carbocycles. The van der Waals surface area contributed by atoms with Crippen LogP contribution in [0.2, 0.25) is 0 Å². The Kier molecular flexibility index (Phi) is 8.15. The Balaban J connectivity index is 1.07. The molecule has 194 valence electrons. The third kappa shape index (κ3) is 6.05. The molecule has 0 unspecified atom stereocenters. The van der Waals surface area contributed by atoms with Crippen LogP contribution in [0.1, 0.15) is 56.9 Å². The molecule has 2 aromatic rings. The SMILES string of the molecule is COc1ccccc1OCCN(CCCCNC(=O)C12CC3CC(CC(C3)C1)C2)Cc1ccccc1. The van der Waals surface area contributed by atoms with Crippen LogP contribution in [0.25, 0.3) is 0 Å². The van der Waals surface area contributed by atoms with Gasteiger partial charge in [0.2, 0.25) is 5.91 Å². The van der Waals surface area contributed by atoms with Crippen LogP contribution in [0.3, 0.4) is 0 Å². The van der Waals surface area contributed by atoms with Gasteiger partial charge in [-0.1, -0.05) is 42.5 Å². The molecule has 4 aliphatic rings. The molecular formula is C31H42N2O3. The van der Waals surface area contributed by atoms with Crippen LogP contribution in [0.4, 0.5) is 0 Å². The number of carbonyl (C=O) groups excluding carboxylic acids is 1. The minimum Gasteiger partial charge on any atom is -0.493 e. The molecule has 0 saturated heterocycles. The zero-order chi connectivity index (χ0) is 24.8. The molecule has 6 rings (SSSR count). The van der Waals surface area contributed by atoms with E-state index in [0.717, 1.165) is 87.5 Å². The molecule has 1 amide bonds. The van der Waals surface area contributed by atoms with Crippen molar-refractivity contribution < 1.29 is 14.3 Å². The van der Waals surface area contributed by atoms with Gasteiger partial charge in [-0.3, -0.25) is 9.69 Å². The van der Waals surface area contributed by atoms with E-state index in [1.807, 2.05) is 24.3 Å². The standard InChI is InChI=1S/C31H42N2O3/c1-35-28-11-5-6-12-29(28)36-16-15-33(23-24-9-3-2-4-10-24)14-8-7-13-32-30(34)31-20-25-17-26(21-31)19-27(18-25)22-31/h2-6,9-12,25-27H,7-8,13-23H2,1H3,(H,32,34). The van der Waals surface area contributed by atoms with Gasteiger partial charge < -0.3 is 14.8 Å². The number of benzene rings is 2. The van der Waals surface area contributed by atoms with E-state index in [1.165, 1.54) is 24.8 Å². The van der Waals surface area contributed by atoms with E-state index in [9.17, 15) is 4.79 Å². The molecule has 4 saturated carbocycles. The van der Waals surface area contributed by atoms with E-state index >= 15 is 0 Å². The van der Waals surface area contributed by atoms with Crippen molar-refractivity contribution >= 4 is 5.91 Å². The summed E-state index contributed by atoms with van der Waals surface area (Å²) in [6, 6.07) is 18.4. The van der Waals surface area contributed by atoms with Crippen molar-refractivity contribution in [2.75, 3.05) is 33.4 Å². The van der Waals surface area contributed by atoms with Gasteiger partial charge in [0.05, 0.1) is 7.11 Å². The van der Waals surface area contributed by atoms with Crippen molar-refractivity contribution in [1.82, 2.24) is 10.2 Å². The number of rotatable bonds is 13.